The van der Waals surface area contributed by atoms with Gasteiger partial charge in [-0.2, -0.15) is 0 Å². The molecule has 2 aliphatic rings. The molecule has 1 aliphatic heterocycles. The third-order valence-corrected chi connectivity index (χ3v) is 5.94. The molecule has 2 N–H and O–H groups in total. The average molecular weight is 486 g/mol. The van der Waals surface area contributed by atoms with Crippen LogP contribution in [0, 0.1) is 5.82 Å². The highest BCUT2D eigenvalue weighted by Crippen LogP contribution is 2.28. The second-order valence-electron chi connectivity index (χ2n) is 9.88. The molecule has 2 fully saturated rings. The molecule has 1 aromatic heterocycles. The van der Waals surface area contributed by atoms with Gasteiger partial charge in [0.25, 0.3) is 5.91 Å². The van der Waals surface area contributed by atoms with Crippen LogP contribution in [-0.4, -0.2) is 59.4 Å². The minimum Gasteiger partial charge on any atom is -0.444 e. The van der Waals surface area contributed by atoms with Gasteiger partial charge >= 0.3 is 6.09 Å². The zero-order valence-corrected chi connectivity index (χ0v) is 20.3. The van der Waals surface area contributed by atoms with Gasteiger partial charge in [0.05, 0.1) is 12.8 Å². The summed E-state index contributed by atoms with van der Waals surface area (Å²) in [6, 6.07) is 7.28. The Morgan fingerprint density at radius 2 is 1.94 bits per heavy atom. The van der Waals surface area contributed by atoms with Crippen LogP contribution in [0.3, 0.4) is 0 Å². The fourth-order valence-corrected chi connectivity index (χ4v) is 4.29. The van der Waals surface area contributed by atoms with Crippen molar-refractivity contribution in [2.75, 3.05) is 30.0 Å². The van der Waals surface area contributed by atoms with Gasteiger partial charge in [0.15, 0.2) is 5.82 Å². The van der Waals surface area contributed by atoms with E-state index in [9.17, 15) is 14.0 Å². The van der Waals surface area contributed by atoms with Crippen LogP contribution in [0.25, 0.3) is 11.3 Å². The number of morpholine rings is 1. The zero-order valence-electron chi connectivity index (χ0n) is 20.3. The van der Waals surface area contributed by atoms with Crippen LogP contribution < -0.4 is 15.5 Å². The summed E-state index contributed by atoms with van der Waals surface area (Å²) in [7, 11) is 0. The van der Waals surface area contributed by atoms with E-state index in [0.29, 0.717) is 30.4 Å². The predicted octanol–water partition coefficient (Wildman–Crippen LogP) is 3.89. The molecule has 2 aromatic rings. The van der Waals surface area contributed by atoms with Crippen molar-refractivity contribution in [3.63, 3.8) is 0 Å². The summed E-state index contributed by atoms with van der Waals surface area (Å²) >= 11 is 0. The normalized spacial score (nSPS) is 20.9. The van der Waals surface area contributed by atoms with Gasteiger partial charge in [0, 0.05) is 29.9 Å². The number of carbonyl (C=O) groups is 2. The maximum Gasteiger partial charge on any atom is 0.407 e. The summed E-state index contributed by atoms with van der Waals surface area (Å²) in [6.45, 7) is 6.46. The van der Waals surface area contributed by atoms with Crippen LogP contribution in [0.5, 0.6) is 0 Å². The van der Waals surface area contributed by atoms with Gasteiger partial charge in [-0.25, -0.2) is 19.2 Å². The number of amides is 2. The highest BCUT2D eigenvalue weighted by Gasteiger charge is 2.26. The number of nitrogens with one attached hydrogen (secondary N) is 2. The van der Waals surface area contributed by atoms with E-state index in [1.165, 1.54) is 0 Å². The van der Waals surface area contributed by atoms with Crippen LogP contribution in [-0.2, 0) is 14.3 Å². The minimum absolute atomic E-state index is 0.0374. The van der Waals surface area contributed by atoms with Gasteiger partial charge in [0.2, 0.25) is 5.95 Å². The number of hydrogen-bond donors (Lipinski definition) is 2. The van der Waals surface area contributed by atoms with Gasteiger partial charge in [-0.1, -0.05) is 12.1 Å². The lowest BCUT2D eigenvalue weighted by Gasteiger charge is -2.30. The van der Waals surface area contributed by atoms with E-state index in [0.717, 1.165) is 31.9 Å². The zero-order chi connectivity index (χ0) is 25.0. The van der Waals surface area contributed by atoms with Gasteiger partial charge in [-0.05, 0) is 58.6 Å². The van der Waals surface area contributed by atoms with E-state index in [4.69, 9.17) is 9.47 Å². The molecule has 1 aliphatic carbocycles. The lowest BCUT2D eigenvalue weighted by Crippen LogP contribution is -2.42. The number of ether oxygens (including phenoxy) is 2. The van der Waals surface area contributed by atoms with Crippen LogP contribution in [0.1, 0.15) is 46.5 Å². The lowest BCUT2D eigenvalue weighted by atomic mass is 9.91. The van der Waals surface area contributed by atoms with Crippen molar-refractivity contribution in [3.05, 3.63) is 36.3 Å². The van der Waals surface area contributed by atoms with Gasteiger partial charge in [-0.15, -0.1) is 0 Å². The first-order valence-electron chi connectivity index (χ1n) is 11.9. The maximum absolute atomic E-state index is 14.7. The number of rotatable bonds is 5. The summed E-state index contributed by atoms with van der Waals surface area (Å²) in [5, 5.41) is 6.23. The molecule has 1 saturated carbocycles. The molecule has 0 atom stereocenters. The molecule has 4 rings (SSSR count). The summed E-state index contributed by atoms with van der Waals surface area (Å²) in [5.41, 5.74) is 0.886. The van der Waals surface area contributed by atoms with Crippen molar-refractivity contribution in [1.29, 1.82) is 0 Å². The Bertz CT molecular complexity index is 1070. The Morgan fingerprint density at radius 1 is 1.20 bits per heavy atom. The molecule has 0 radical (unpaired) electrons. The molecule has 0 unspecified atom stereocenters. The van der Waals surface area contributed by atoms with E-state index in [2.05, 4.69) is 20.6 Å². The Kier molecular flexibility index (Phi) is 7.49. The minimum atomic E-state index is -0.536. The van der Waals surface area contributed by atoms with E-state index >= 15 is 0 Å². The summed E-state index contributed by atoms with van der Waals surface area (Å²) in [4.78, 5) is 34.4. The topological polar surface area (TPSA) is 106 Å². The van der Waals surface area contributed by atoms with Crippen LogP contribution >= 0.6 is 0 Å². The molecule has 1 aromatic carbocycles. The molecule has 35 heavy (non-hydrogen) atoms. The van der Waals surface area contributed by atoms with E-state index in [1.807, 2.05) is 26.8 Å². The highest BCUT2D eigenvalue weighted by molar-refractivity contribution is 5.95. The standard InChI is InChI=1S/C25H32FN5O4/c1-25(2,3)35-24(33)29-18-9-7-17(8-10-18)28-23-27-14-20(26)22(30-23)16-5-4-6-19(13-16)31-11-12-34-15-21(31)32/h4-6,13-14,17-18H,7-12,15H2,1-3H3,(H,29,33)(H,27,28,30)/t17-,18-. The number of aromatic nitrogens is 2. The third kappa shape index (κ3) is 6.66. The van der Waals surface area contributed by atoms with Gasteiger partial charge in [-0.3, -0.25) is 4.79 Å². The predicted molar refractivity (Wildman–Crippen MR) is 130 cm³/mol. The number of hydrogen-bond acceptors (Lipinski definition) is 7. The second-order valence-corrected chi connectivity index (χ2v) is 9.88. The largest absolute Gasteiger partial charge is 0.444 e. The lowest BCUT2D eigenvalue weighted by molar-refractivity contribution is -0.125. The van der Waals surface area contributed by atoms with Crippen molar-refractivity contribution in [2.24, 2.45) is 0 Å². The number of carbonyl (C=O) groups excluding carboxylic acids is 2. The quantitative estimate of drug-likeness (QED) is 0.662. The number of anilines is 2. The third-order valence-electron chi connectivity index (χ3n) is 5.94. The molecule has 2 heterocycles. The molecule has 188 valence electrons. The Morgan fingerprint density at radius 3 is 2.66 bits per heavy atom. The fraction of sp³-hybridized carbons (Fsp3) is 0.520. The van der Waals surface area contributed by atoms with Crippen LogP contribution in [0.2, 0.25) is 0 Å². The van der Waals surface area contributed by atoms with Crippen molar-refractivity contribution in [3.8, 4) is 11.3 Å². The van der Waals surface area contributed by atoms with Crippen molar-refractivity contribution >= 4 is 23.6 Å². The highest BCUT2D eigenvalue weighted by atomic mass is 19.1. The van der Waals surface area contributed by atoms with Gasteiger partial charge < -0.3 is 25.0 Å². The Hall–Kier alpha value is -3.27. The smallest absolute Gasteiger partial charge is 0.407 e. The Labute approximate surface area is 204 Å². The van der Waals surface area contributed by atoms with Crippen molar-refractivity contribution in [2.45, 2.75) is 64.1 Å². The summed E-state index contributed by atoms with van der Waals surface area (Å²) in [6.07, 6.45) is 3.96. The van der Waals surface area contributed by atoms with Gasteiger partial charge in [0.1, 0.15) is 17.9 Å². The molecule has 0 spiro atoms. The second kappa shape index (κ2) is 10.6. The average Bonchev–Trinajstić information content (AvgIpc) is 2.81. The molecule has 1 saturated heterocycles. The maximum atomic E-state index is 14.7. The number of alkyl carbamates (subject to hydrolysis) is 1. The fourth-order valence-electron chi connectivity index (χ4n) is 4.29. The number of nitrogens with zero attached hydrogens (tertiary/aromatic N) is 3. The molecule has 0 bridgehead atoms. The first-order chi connectivity index (χ1) is 16.7. The summed E-state index contributed by atoms with van der Waals surface area (Å²) < 4.78 is 25.2. The number of halogens is 1. The van der Waals surface area contributed by atoms with Crippen LogP contribution in [0.15, 0.2) is 30.5 Å². The molecule has 2 amide bonds. The van der Waals surface area contributed by atoms with Crippen molar-refractivity contribution in [1.82, 2.24) is 15.3 Å². The Balaban J connectivity index is 1.39. The first kappa shape index (κ1) is 24.8. The van der Waals surface area contributed by atoms with E-state index in [1.54, 1.807) is 23.1 Å². The molecular formula is C25H32FN5O4. The van der Waals surface area contributed by atoms with E-state index < -0.39 is 17.5 Å². The van der Waals surface area contributed by atoms with Crippen molar-refractivity contribution < 1.29 is 23.5 Å². The number of benzene rings is 1. The summed E-state index contributed by atoms with van der Waals surface area (Å²) in [5.74, 6) is -0.320. The molecule has 10 heteroatoms. The molecule has 9 nitrogen and oxygen atoms in total. The molecular weight excluding hydrogens is 453 g/mol. The van der Waals surface area contributed by atoms with E-state index in [-0.39, 0.29) is 30.3 Å². The monoisotopic (exact) mass is 485 g/mol. The SMILES string of the molecule is CC(C)(C)OC(=O)N[C@H]1CC[C@H](Nc2ncc(F)c(-c3cccc(N4CCOCC4=O)c3)n2)CC1. The first-order valence-corrected chi connectivity index (χ1v) is 11.9. The van der Waals surface area contributed by atoms with Crippen LogP contribution in [0.4, 0.5) is 20.8 Å².